The molecule has 1 heterocycles. The van der Waals surface area contributed by atoms with Crippen LogP contribution in [0.5, 0.6) is 0 Å². The van der Waals surface area contributed by atoms with Crippen molar-refractivity contribution >= 4 is 11.9 Å². The van der Waals surface area contributed by atoms with Crippen molar-refractivity contribution in [3.63, 3.8) is 0 Å². The lowest BCUT2D eigenvalue weighted by Crippen LogP contribution is -2.54. The Labute approximate surface area is 152 Å². The van der Waals surface area contributed by atoms with E-state index in [0.717, 1.165) is 45.6 Å². The summed E-state index contributed by atoms with van der Waals surface area (Å²) in [5.74, 6) is 0.380. The van der Waals surface area contributed by atoms with Crippen LogP contribution < -0.4 is 16.0 Å². The highest BCUT2D eigenvalue weighted by Gasteiger charge is 2.27. The first-order valence-corrected chi connectivity index (χ1v) is 9.67. The second-order valence-corrected chi connectivity index (χ2v) is 6.66. The summed E-state index contributed by atoms with van der Waals surface area (Å²) in [4.78, 5) is 26.4. The summed E-state index contributed by atoms with van der Waals surface area (Å²) in [6.45, 7) is 12.6. The predicted octanol–water partition coefficient (Wildman–Crippen LogP) is 1.34. The van der Waals surface area contributed by atoms with Crippen LogP contribution in [0.15, 0.2) is 0 Å². The molecule has 0 spiro atoms. The molecule has 0 bridgehead atoms. The summed E-state index contributed by atoms with van der Waals surface area (Å²) < 4.78 is 5.45. The third-order valence-corrected chi connectivity index (χ3v) is 4.87. The van der Waals surface area contributed by atoms with E-state index in [9.17, 15) is 9.59 Å². The molecule has 2 unspecified atom stereocenters. The summed E-state index contributed by atoms with van der Waals surface area (Å²) in [5, 5.41) is 8.46. The minimum Gasteiger partial charge on any atom is -0.379 e. The van der Waals surface area contributed by atoms with Crippen LogP contribution in [0.2, 0.25) is 0 Å². The molecule has 7 nitrogen and oxygen atoms in total. The molecule has 7 heteroatoms. The smallest absolute Gasteiger partial charge is 0.315 e. The Bertz CT molecular complexity index is 396. The van der Waals surface area contributed by atoms with Crippen molar-refractivity contribution in [2.24, 2.45) is 5.92 Å². The molecule has 25 heavy (non-hydrogen) atoms. The molecule has 3 amide bonds. The van der Waals surface area contributed by atoms with Crippen molar-refractivity contribution in [1.82, 2.24) is 20.9 Å². The van der Waals surface area contributed by atoms with Gasteiger partial charge in [0.15, 0.2) is 0 Å². The summed E-state index contributed by atoms with van der Waals surface area (Å²) in [5.41, 5.74) is 0. The molecule has 3 N–H and O–H groups in total. The van der Waals surface area contributed by atoms with Crippen LogP contribution in [0.4, 0.5) is 4.79 Å². The number of carbonyl (C=O) groups excluding carboxylic acids is 2. The summed E-state index contributed by atoms with van der Waals surface area (Å²) >= 11 is 0. The SMILES string of the molecule is CCCNC(=O)C(C)NC(=O)NCC(C(CC)CC)N1CCOCC1. The molecule has 0 aromatic carbocycles. The van der Waals surface area contributed by atoms with Gasteiger partial charge in [-0.3, -0.25) is 9.69 Å². The fourth-order valence-electron chi connectivity index (χ4n) is 3.25. The van der Waals surface area contributed by atoms with Gasteiger partial charge in [0.05, 0.1) is 13.2 Å². The fraction of sp³-hybridized carbons (Fsp3) is 0.889. The molecule has 0 saturated carbocycles. The number of nitrogens with zero attached hydrogens (tertiary/aromatic N) is 1. The quantitative estimate of drug-likeness (QED) is 0.552. The highest BCUT2D eigenvalue weighted by atomic mass is 16.5. The highest BCUT2D eigenvalue weighted by molar-refractivity contribution is 5.86. The van der Waals surface area contributed by atoms with Gasteiger partial charge in [0.2, 0.25) is 5.91 Å². The second-order valence-electron chi connectivity index (χ2n) is 6.66. The Morgan fingerprint density at radius 2 is 1.72 bits per heavy atom. The van der Waals surface area contributed by atoms with E-state index in [1.807, 2.05) is 6.92 Å². The normalized spacial score (nSPS) is 17.8. The molecular weight excluding hydrogens is 320 g/mol. The maximum atomic E-state index is 12.2. The number of carbonyl (C=O) groups is 2. The zero-order valence-electron chi connectivity index (χ0n) is 16.3. The summed E-state index contributed by atoms with van der Waals surface area (Å²) in [6, 6.07) is -0.529. The van der Waals surface area contributed by atoms with Gasteiger partial charge in [-0.15, -0.1) is 0 Å². The molecule has 0 aliphatic carbocycles. The Balaban J connectivity index is 2.51. The molecular formula is C18H36N4O3. The van der Waals surface area contributed by atoms with Crippen molar-refractivity contribution in [3.05, 3.63) is 0 Å². The van der Waals surface area contributed by atoms with Crippen molar-refractivity contribution in [1.29, 1.82) is 0 Å². The first-order valence-electron chi connectivity index (χ1n) is 9.67. The van der Waals surface area contributed by atoms with Crippen molar-refractivity contribution < 1.29 is 14.3 Å². The molecule has 1 aliphatic rings. The van der Waals surface area contributed by atoms with Crippen LogP contribution in [-0.4, -0.2) is 68.3 Å². The Morgan fingerprint density at radius 1 is 1.08 bits per heavy atom. The van der Waals surface area contributed by atoms with E-state index in [-0.39, 0.29) is 11.9 Å². The fourth-order valence-corrected chi connectivity index (χ4v) is 3.25. The van der Waals surface area contributed by atoms with Crippen molar-refractivity contribution in [3.8, 4) is 0 Å². The van der Waals surface area contributed by atoms with Gasteiger partial charge in [-0.1, -0.05) is 33.6 Å². The second kappa shape index (κ2) is 12.1. The average Bonchev–Trinajstić information content (AvgIpc) is 2.63. The van der Waals surface area contributed by atoms with E-state index in [2.05, 4.69) is 34.7 Å². The minimum absolute atomic E-state index is 0.151. The van der Waals surface area contributed by atoms with Crippen molar-refractivity contribution in [2.75, 3.05) is 39.4 Å². The molecule has 2 atom stereocenters. The average molecular weight is 357 g/mol. The van der Waals surface area contributed by atoms with E-state index in [4.69, 9.17) is 4.74 Å². The maximum absolute atomic E-state index is 12.2. The van der Waals surface area contributed by atoms with Crippen LogP contribution in [0.3, 0.4) is 0 Å². The first-order chi connectivity index (χ1) is 12.0. The molecule has 1 saturated heterocycles. The van der Waals surface area contributed by atoms with Gasteiger partial charge < -0.3 is 20.7 Å². The zero-order chi connectivity index (χ0) is 18.7. The molecule has 1 rings (SSSR count). The lowest BCUT2D eigenvalue weighted by molar-refractivity contribution is -0.122. The van der Waals surface area contributed by atoms with Crippen LogP contribution in [0.1, 0.15) is 47.0 Å². The molecule has 0 radical (unpaired) electrons. The van der Waals surface area contributed by atoms with Crippen molar-refractivity contribution in [2.45, 2.75) is 59.0 Å². The van der Waals surface area contributed by atoms with Crippen LogP contribution >= 0.6 is 0 Å². The number of ether oxygens (including phenoxy) is 1. The number of morpholine rings is 1. The molecule has 0 aromatic rings. The third kappa shape index (κ3) is 7.61. The Morgan fingerprint density at radius 3 is 2.28 bits per heavy atom. The van der Waals surface area contributed by atoms with Gasteiger partial charge in [-0.25, -0.2) is 4.79 Å². The highest BCUT2D eigenvalue weighted by Crippen LogP contribution is 2.19. The molecule has 1 fully saturated rings. The maximum Gasteiger partial charge on any atom is 0.315 e. The van der Waals surface area contributed by atoms with Gasteiger partial charge in [-0.2, -0.15) is 0 Å². The lowest BCUT2D eigenvalue weighted by atomic mass is 9.92. The number of hydrogen-bond acceptors (Lipinski definition) is 4. The third-order valence-electron chi connectivity index (χ3n) is 4.87. The number of rotatable bonds is 10. The molecule has 1 aliphatic heterocycles. The summed E-state index contributed by atoms with van der Waals surface area (Å²) in [6.07, 6.45) is 3.04. The number of urea groups is 1. The molecule has 146 valence electrons. The van der Waals surface area contributed by atoms with Crippen LogP contribution in [-0.2, 0) is 9.53 Å². The minimum atomic E-state index is -0.540. The van der Waals surface area contributed by atoms with E-state index >= 15 is 0 Å². The monoisotopic (exact) mass is 356 g/mol. The largest absolute Gasteiger partial charge is 0.379 e. The molecule has 0 aromatic heterocycles. The topological polar surface area (TPSA) is 82.7 Å². The zero-order valence-corrected chi connectivity index (χ0v) is 16.3. The predicted molar refractivity (Wildman–Crippen MR) is 99.5 cm³/mol. The standard InChI is InChI=1S/C18H36N4O3/c1-5-8-19-17(23)14(4)21-18(24)20-13-16(15(6-2)7-3)22-9-11-25-12-10-22/h14-16H,5-13H2,1-4H3,(H,19,23)(H2,20,21,24). The Hall–Kier alpha value is -1.34. The number of nitrogens with one attached hydrogen (secondary N) is 3. The first kappa shape index (κ1) is 21.7. The summed E-state index contributed by atoms with van der Waals surface area (Å²) in [7, 11) is 0. The Kier molecular flexibility index (Phi) is 10.5. The van der Waals surface area contributed by atoms with E-state index < -0.39 is 6.04 Å². The van der Waals surface area contributed by atoms with Gasteiger partial charge >= 0.3 is 6.03 Å². The van der Waals surface area contributed by atoms with E-state index in [0.29, 0.717) is 25.0 Å². The lowest BCUT2D eigenvalue weighted by Gasteiger charge is -2.38. The van der Waals surface area contributed by atoms with Gasteiger partial charge in [0, 0.05) is 32.2 Å². The van der Waals surface area contributed by atoms with E-state index in [1.54, 1.807) is 6.92 Å². The van der Waals surface area contributed by atoms with Gasteiger partial charge in [0.1, 0.15) is 6.04 Å². The van der Waals surface area contributed by atoms with Crippen LogP contribution in [0, 0.1) is 5.92 Å². The number of hydrogen-bond donors (Lipinski definition) is 3. The van der Waals surface area contributed by atoms with Crippen LogP contribution in [0.25, 0.3) is 0 Å². The number of amides is 3. The van der Waals surface area contributed by atoms with E-state index in [1.165, 1.54) is 0 Å². The van der Waals surface area contributed by atoms with Gasteiger partial charge in [-0.05, 0) is 19.3 Å². The van der Waals surface area contributed by atoms with Gasteiger partial charge in [0.25, 0.3) is 0 Å².